The number of ether oxygens (including phenoxy) is 1. The van der Waals surface area contributed by atoms with Gasteiger partial charge in [0.2, 0.25) is 0 Å². The van der Waals surface area contributed by atoms with Gasteiger partial charge in [-0.3, -0.25) is 10.1 Å². The topological polar surface area (TPSA) is 96.1 Å². The molecule has 0 aliphatic rings. The van der Waals surface area contributed by atoms with Crippen LogP contribution in [0.1, 0.15) is 15.9 Å². The zero-order valence-corrected chi connectivity index (χ0v) is 20.1. The quantitative estimate of drug-likeness (QED) is 0.239. The van der Waals surface area contributed by atoms with Gasteiger partial charge in [0.1, 0.15) is 24.0 Å². The van der Waals surface area contributed by atoms with E-state index in [1.807, 2.05) is 24.3 Å². The third kappa shape index (κ3) is 5.76. The Bertz CT molecular complexity index is 1550. The Hall–Kier alpha value is -4.69. The molecule has 0 saturated carbocycles. The first-order valence-corrected chi connectivity index (χ1v) is 11.7. The summed E-state index contributed by atoms with van der Waals surface area (Å²) in [6.07, 6.45) is 0. The van der Waals surface area contributed by atoms with Crippen molar-refractivity contribution in [3.63, 3.8) is 0 Å². The predicted octanol–water partition coefficient (Wildman–Crippen LogP) is 6.56. The van der Waals surface area contributed by atoms with E-state index in [-0.39, 0.29) is 18.0 Å². The maximum absolute atomic E-state index is 13.0. The minimum absolute atomic E-state index is 0.255. The number of urea groups is 1. The molecule has 5 aromatic rings. The molecule has 0 atom stereocenters. The van der Waals surface area contributed by atoms with Crippen LogP contribution in [0.3, 0.4) is 0 Å². The predicted molar refractivity (Wildman–Crippen MR) is 140 cm³/mol. The van der Waals surface area contributed by atoms with Gasteiger partial charge in [-0.2, -0.15) is 0 Å². The molecule has 3 N–H and O–H groups in total. The van der Waals surface area contributed by atoms with Gasteiger partial charge in [-0.15, -0.1) is 0 Å². The summed E-state index contributed by atoms with van der Waals surface area (Å²) < 4.78 is 18.7. The summed E-state index contributed by atoms with van der Waals surface area (Å²) in [5, 5.41) is 5.41. The lowest BCUT2D eigenvalue weighted by molar-refractivity contribution is 0.0967. The van der Waals surface area contributed by atoms with E-state index in [9.17, 15) is 14.0 Å². The number of amides is 3. The van der Waals surface area contributed by atoms with Crippen LogP contribution >= 0.6 is 11.6 Å². The molecule has 4 aromatic carbocycles. The Balaban J connectivity index is 1.20. The summed E-state index contributed by atoms with van der Waals surface area (Å²) in [4.78, 5) is 32.7. The largest absolute Gasteiger partial charge is 0.489 e. The zero-order chi connectivity index (χ0) is 25.8. The van der Waals surface area contributed by atoms with Crippen molar-refractivity contribution in [2.24, 2.45) is 0 Å². The van der Waals surface area contributed by atoms with Crippen LogP contribution in [-0.2, 0) is 6.61 Å². The molecule has 0 aliphatic carbocycles. The first kappa shape index (κ1) is 24.0. The number of H-pyrrole nitrogens is 1. The number of para-hydroxylation sites is 2. The van der Waals surface area contributed by atoms with Crippen LogP contribution in [0.4, 0.5) is 14.9 Å². The maximum atomic E-state index is 13.0. The van der Waals surface area contributed by atoms with E-state index in [2.05, 4.69) is 20.6 Å². The first-order chi connectivity index (χ1) is 17.9. The lowest BCUT2D eigenvalue weighted by Gasteiger charge is -2.10. The molecule has 0 radical (unpaired) electrons. The number of rotatable bonds is 6. The van der Waals surface area contributed by atoms with Gasteiger partial charge in [-0.25, -0.2) is 14.2 Å². The Labute approximate surface area is 216 Å². The van der Waals surface area contributed by atoms with Crippen LogP contribution < -0.4 is 15.4 Å². The molecule has 9 heteroatoms. The number of carbonyl (C=O) groups is 2. The highest BCUT2D eigenvalue weighted by atomic mass is 35.5. The van der Waals surface area contributed by atoms with Crippen LogP contribution in [0.2, 0.25) is 5.02 Å². The highest BCUT2D eigenvalue weighted by molar-refractivity contribution is 6.33. The fourth-order valence-corrected chi connectivity index (χ4v) is 3.86. The smallest absolute Gasteiger partial charge is 0.326 e. The van der Waals surface area contributed by atoms with Gasteiger partial charge < -0.3 is 15.0 Å². The van der Waals surface area contributed by atoms with Crippen LogP contribution in [0, 0.1) is 5.82 Å². The monoisotopic (exact) mass is 514 g/mol. The molecule has 0 fully saturated rings. The number of halogens is 2. The summed E-state index contributed by atoms with van der Waals surface area (Å²) in [6, 6.07) is 24.2. The number of nitrogens with one attached hydrogen (secondary N) is 3. The fourth-order valence-electron chi connectivity index (χ4n) is 3.65. The number of fused-ring (bicyclic) bond motifs is 1. The summed E-state index contributed by atoms with van der Waals surface area (Å²) in [7, 11) is 0. The number of imidazole rings is 1. The number of nitrogens with zero attached hydrogens (tertiary/aromatic N) is 1. The molecule has 1 heterocycles. The third-order valence-corrected chi connectivity index (χ3v) is 5.86. The summed E-state index contributed by atoms with van der Waals surface area (Å²) in [6.45, 7) is 0.255. The van der Waals surface area contributed by atoms with Crippen molar-refractivity contribution in [3.05, 3.63) is 113 Å². The number of benzene rings is 4. The van der Waals surface area contributed by atoms with Crippen molar-refractivity contribution in [3.8, 4) is 17.1 Å². The molecule has 184 valence electrons. The van der Waals surface area contributed by atoms with Gasteiger partial charge >= 0.3 is 6.03 Å². The van der Waals surface area contributed by atoms with E-state index in [0.717, 1.165) is 16.6 Å². The lowest BCUT2D eigenvalue weighted by atomic mass is 10.2. The summed E-state index contributed by atoms with van der Waals surface area (Å²) in [5.74, 6) is 0.206. The number of anilines is 1. The van der Waals surface area contributed by atoms with Crippen LogP contribution in [-0.4, -0.2) is 21.9 Å². The molecule has 5 rings (SSSR count). The van der Waals surface area contributed by atoms with Gasteiger partial charge in [0, 0.05) is 16.8 Å². The molecular weight excluding hydrogens is 495 g/mol. The molecular formula is C28H20ClFN4O3. The molecule has 7 nitrogen and oxygen atoms in total. The van der Waals surface area contributed by atoms with Crippen molar-refractivity contribution in [1.82, 2.24) is 15.3 Å². The highest BCUT2D eigenvalue weighted by Gasteiger charge is 2.14. The van der Waals surface area contributed by atoms with Gasteiger partial charge in [-0.1, -0.05) is 35.9 Å². The number of hydrogen-bond acceptors (Lipinski definition) is 4. The van der Waals surface area contributed by atoms with Crippen molar-refractivity contribution >= 4 is 40.3 Å². The molecule has 0 unspecified atom stereocenters. The van der Waals surface area contributed by atoms with E-state index in [1.165, 1.54) is 12.1 Å². The SMILES string of the molecule is O=C(NC(=O)c1ccc(OCc2ccc(F)cc2)cc1)Nc1ccc(Cl)c(-c2nc3ccccc3[nH]2)c1. The van der Waals surface area contributed by atoms with Crippen molar-refractivity contribution in [2.45, 2.75) is 6.61 Å². The number of hydrogen-bond donors (Lipinski definition) is 3. The number of carbonyl (C=O) groups excluding carboxylic acids is 2. The second-order valence-electron chi connectivity index (χ2n) is 8.14. The lowest BCUT2D eigenvalue weighted by Crippen LogP contribution is -2.34. The highest BCUT2D eigenvalue weighted by Crippen LogP contribution is 2.30. The molecule has 3 amide bonds. The zero-order valence-electron chi connectivity index (χ0n) is 19.3. The molecule has 0 spiro atoms. The van der Waals surface area contributed by atoms with Crippen molar-refractivity contribution in [2.75, 3.05) is 5.32 Å². The minimum Gasteiger partial charge on any atom is -0.489 e. The number of aromatic nitrogens is 2. The van der Waals surface area contributed by atoms with Gasteiger partial charge in [0.25, 0.3) is 5.91 Å². The molecule has 0 saturated heterocycles. The molecule has 1 aromatic heterocycles. The van der Waals surface area contributed by atoms with Crippen molar-refractivity contribution < 1.29 is 18.7 Å². The second-order valence-corrected chi connectivity index (χ2v) is 8.55. The molecule has 37 heavy (non-hydrogen) atoms. The van der Waals surface area contributed by atoms with Crippen LogP contribution in [0.15, 0.2) is 91.0 Å². The summed E-state index contributed by atoms with van der Waals surface area (Å²) in [5.41, 5.74) is 3.80. The van der Waals surface area contributed by atoms with Gasteiger partial charge in [-0.05, 0) is 72.3 Å². The fraction of sp³-hybridized carbons (Fsp3) is 0.0357. The van der Waals surface area contributed by atoms with Crippen molar-refractivity contribution in [1.29, 1.82) is 0 Å². The first-order valence-electron chi connectivity index (χ1n) is 11.3. The standard InChI is InChI=1S/C28H20ClFN4O3/c29-23-14-11-20(15-22(23)26-32-24-3-1-2-4-25(24)33-26)31-28(36)34-27(35)18-7-12-21(13-8-18)37-16-17-5-9-19(30)10-6-17/h1-15H,16H2,(H,32,33)(H2,31,34,35,36). The van der Waals surface area contributed by atoms with Gasteiger partial charge in [0.15, 0.2) is 0 Å². The van der Waals surface area contributed by atoms with E-state index in [1.54, 1.807) is 54.6 Å². The van der Waals surface area contributed by atoms with Crippen LogP contribution in [0.25, 0.3) is 22.4 Å². The maximum Gasteiger partial charge on any atom is 0.326 e. The Kier molecular flexibility index (Phi) is 6.83. The third-order valence-electron chi connectivity index (χ3n) is 5.53. The minimum atomic E-state index is -0.695. The van der Waals surface area contributed by atoms with E-state index in [0.29, 0.717) is 27.8 Å². The van der Waals surface area contributed by atoms with Crippen LogP contribution in [0.5, 0.6) is 5.75 Å². The molecule has 0 bridgehead atoms. The Morgan fingerprint density at radius 3 is 2.46 bits per heavy atom. The molecule has 0 aliphatic heterocycles. The second kappa shape index (κ2) is 10.5. The Morgan fingerprint density at radius 1 is 0.946 bits per heavy atom. The normalized spacial score (nSPS) is 10.8. The number of aromatic amines is 1. The summed E-state index contributed by atoms with van der Waals surface area (Å²) >= 11 is 6.37. The van der Waals surface area contributed by atoms with Gasteiger partial charge in [0.05, 0.1) is 16.1 Å². The van der Waals surface area contributed by atoms with E-state index < -0.39 is 11.9 Å². The average Bonchev–Trinajstić information content (AvgIpc) is 3.34. The van der Waals surface area contributed by atoms with E-state index >= 15 is 0 Å². The average molecular weight is 515 g/mol. The van der Waals surface area contributed by atoms with E-state index in [4.69, 9.17) is 16.3 Å². The Morgan fingerprint density at radius 2 is 1.70 bits per heavy atom. The number of imide groups is 1.